The van der Waals surface area contributed by atoms with Gasteiger partial charge in [-0.15, -0.1) is 0 Å². The van der Waals surface area contributed by atoms with Crippen molar-refractivity contribution in [3.8, 4) is 11.1 Å². The van der Waals surface area contributed by atoms with Crippen molar-refractivity contribution >= 4 is 17.5 Å². The Kier molecular flexibility index (Phi) is 3.93. The Morgan fingerprint density at radius 3 is 2.78 bits per heavy atom. The molecule has 0 saturated heterocycles. The van der Waals surface area contributed by atoms with E-state index in [0.717, 1.165) is 17.5 Å². The molecule has 1 heterocycles. The molecule has 3 nitrogen and oxygen atoms in total. The predicted molar refractivity (Wildman–Crippen MR) is 93.6 cm³/mol. The molecule has 1 amide bonds. The van der Waals surface area contributed by atoms with E-state index >= 15 is 0 Å². The van der Waals surface area contributed by atoms with Gasteiger partial charge in [-0.2, -0.15) is 0 Å². The standard InChI is InChI=1S/C19H21ClN2O/c1-11-10-19(2,3)15-6-4-5-13(17(11)15)12-7-8-22-18(20)14(12)9-16(21)23/h4-8,11H,9-10H2,1-3H3,(H2,21,23). The second kappa shape index (κ2) is 5.64. The molecule has 1 aliphatic rings. The summed E-state index contributed by atoms with van der Waals surface area (Å²) in [6, 6.07) is 8.32. The second-order valence-electron chi connectivity index (χ2n) is 7.03. The van der Waals surface area contributed by atoms with Crippen molar-refractivity contribution in [3.05, 3.63) is 52.3 Å². The average Bonchev–Trinajstić information content (AvgIpc) is 2.71. The van der Waals surface area contributed by atoms with Crippen molar-refractivity contribution in [1.82, 2.24) is 4.98 Å². The molecule has 2 aromatic rings. The number of pyridine rings is 1. The van der Waals surface area contributed by atoms with Gasteiger partial charge >= 0.3 is 0 Å². The third kappa shape index (κ3) is 2.74. The first-order valence-electron chi connectivity index (χ1n) is 7.86. The molecule has 1 unspecified atom stereocenters. The van der Waals surface area contributed by atoms with Gasteiger partial charge < -0.3 is 5.73 Å². The quantitative estimate of drug-likeness (QED) is 0.858. The molecule has 1 aliphatic carbocycles. The number of amides is 1. The maximum absolute atomic E-state index is 11.4. The molecule has 0 spiro atoms. The van der Waals surface area contributed by atoms with Crippen LogP contribution in [0.4, 0.5) is 0 Å². The number of fused-ring (bicyclic) bond motifs is 1. The van der Waals surface area contributed by atoms with Gasteiger partial charge in [-0.3, -0.25) is 4.79 Å². The van der Waals surface area contributed by atoms with Crippen LogP contribution < -0.4 is 5.73 Å². The molecule has 3 rings (SSSR count). The van der Waals surface area contributed by atoms with Gasteiger partial charge in [0.1, 0.15) is 5.15 Å². The van der Waals surface area contributed by atoms with E-state index in [4.69, 9.17) is 17.3 Å². The first-order valence-corrected chi connectivity index (χ1v) is 8.24. The van der Waals surface area contributed by atoms with E-state index in [9.17, 15) is 4.79 Å². The van der Waals surface area contributed by atoms with Gasteiger partial charge in [0.15, 0.2) is 0 Å². The van der Waals surface area contributed by atoms with E-state index in [-0.39, 0.29) is 11.8 Å². The van der Waals surface area contributed by atoms with E-state index in [1.165, 1.54) is 11.1 Å². The van der Waals surface area contributed by atoms with Crippen LogP contribution in [-0.2, 0) is 16.6 Å². The number of carbonyl (C=O) groups is 1. The molecule has 4 heteroatoms. The molecular formula is C19H21ClN2O. The Labute approximate surface area is 141 Å². The van der Waals surface area contributed by atoms with E-state index in [2.05, 4.69) is 44.0 Å². The summed E-state index contributed by atoms with van der Waals surface area (Å²) in [5.41, 5.74) is 11.1. The van der Waals surface area contributed by atoms with Gasteiger partial charge in [-0.05, 0) is 46.1 Å². The maximum atomic E-state index is 11.4. The van der Waals surface area contributed by atoms with Gasteiger partial charge in [-0.25, -0.2) is 4.98 Å². The van der Waals surface area contributed by atoms with Crippen molar-refractivity contribution in [2.45, 2.75) is 44.9 Å². The molecule has 0 radical (unpaired) electrons. The number of hydrogen-bond donors (Lipinski definition) is 1. The molecule has 0 aliphatic heterocycles. The highest BCUT2D eigenvalue weighted by molar-refractivity contribution is 6.30. The van der Waals surface area contributed by atoms with Crippen LogP contribution in [0, 0.1) is 0 Å². The Balaban J connectivity index is 2.25. The highest BCUT2D eigenvalue weighted by Crippen LogP contribution is 2.49. The van der Waals surface area contributed by atoms with E-state index in [1.807, 2.05) is 6.07 Å². The molecule has 1 aromatic heterocycles. The number of hydrogen-bond acceptors (Lipinski definition) is 2. The number of rotatable bonds is 3. The summed E-state index contributed by atoms with van der Waals surface area (Å²) in [6.07, 6.45) is 2.90. The lowest BCUT2D eigenvalue weighted by atomic mass is 9.85. The summed E-state index contributed by atoms with van der Waals surface area (Å²) >= 11 is 6.25. The molecule has 1 aromatic carbocycles. The van der Waals surface area contributed by atoms with Crippen LogP contribution in [0.15, 0.2) is 30.5 Å². The fraction of sp³-hybridized carbons (Fsp3) is 0.368. The number of nitrogens with two attached hydrogens (primary N) is 1. The van der Waals surface area contributed by atoms with Crippen molar-refractivity contribution in [2.75, 3.05) is 0 Å². The summed E-state index contributed by atoms with van der Waals surface area (Å²) in [7, 11) is 0. The van der Waals surface area contributed by atoms with Crippen LogP contribution >= 0.6 is 11.6 Å². The minimum Gasteiger partial charge on any atom is -0.369 e. The highest BCUT2D eigenvalue weighted by Gasteiger charge is 2.36. The topological polar surface area (TPSA) is 56.0 Å². The molecule has 120 valence electrons. The summed E-state index contributed by atoms with van der Waals surface area (Å²) in [6.45, 7) is 6.82. The van der Waals surface area contributed by atoms with Crippen LogP contribution in [0.2, 0.25) is 5.15 Å². The SMILES string of the molecule is CC1CC(C)(C)c2cccc(-c3ccnc(Cl)c3CC(N)=O)c21. The fourth-order valence-corrected chi connectivity index (χ4v) is 4.19. The molecule has 2 N–H and O–H groups in total. The zero-order valence-electron chi connectivity index (χ0n) is 13.7. The fourth-order valence-electron chi connectivity index (χ4n) is 3.96. The summed E-state index contributed by atoms with van der Waals surface area (Å²) in [5.74, 6) is 0.0617. The summed E-state index contributed by atoms with van der Waals surface area (Å²) in [5, 5.41) is 0.351. The maximum Gasteiger partial charge on any atom is 0.221 e. The average molecular weight is 329 g/mol. The minimum atomic E-state index is -0.401. The Hall–Kier alpha value is -1.87. The van der Waals surface area contributed by atoms with Crippen molar-refractivity contribution in [2.24, 2.45) is 5.73 Å². The lowest BCUT2D eigenvalue weighted by Crippen LogP contribution is -2.15. The number of primary amides is 1. The number of halogens is 1. The third-order valence-electron chi connectivity index (χ3n) is 4.79. The monoisotopic (exact) mass is 328 g/mol. The van der Waals surface area contributed by atoms with E-state index < -0.39 is 5.91 Å². The normalized spacial score (nSPS) is 18.7. The molecule has 23 heavy (non-hydrogen) atoms. The predicted octanol–water partition coefficient (Wildman–Crippen LogP) is 4.21. The lowest BCUT2D eigenvalue weighted by Gasteiger charge is -2.20. The van der Waals surface area contributed by atoms with Crippen LogP contribution in [0.1, 0.15) is 49.8 Å². The smallest absolute Gasteiger partial charge is 0.221 e. The van der Waals surface area contributed by atoms with Gasteiger partial charge in [-0.1, -0.05) is 50.6 Å². The van der Waals surface area contributed by atoms with Crippen LogP contribution in [0.25, 0.3) is 11.1 Å². The van der Waals surface area contributed by atoms with Crippen molar-refractivity contribution < 1.29 is 4.79 Å². The van der Waals surface area contributed by atoms with Gasteiger partial charge in [0.25, 0.3) is 0 Å². The Morgan fingerprint density at radius 1 is 1.35 bits per heavy atom. The second-order valence-corrected chi connectivity index (χ2v) is 7.38. The highest BCUT2D eigenvalue weighted by atomic mass is 35.5. The molecule has 1 atom stereocenters. The van der Waals surface area contributed by atoms with Crippen LogP contribution in [0.5, 0.6) is 0 Å². The number of nitrogens with zero attached hydrogens (tertiary/aromatic N) is 1. The van der Waals surface area contributed by atoms with E-state index in [0.29, 0.717) is 16.6 Å². The Bertz CT molecular complexity index is 783. The zero-order chi connectivity index (χ0) is 16.8. The van der Waals surface area contributed by atoms with Gasteiger partial charge in [0, 0.05) is 11.8 Å². The summed E-state index contributed by atoms with van der Waals surface area (Å²) in [4.78, 5) is 15.6. The minimum absolute atomic E-state index is 0.101. The lowest BCUT2D eigenvalue weighted by molar-refractivity contribution is -0.117. The largest absolute Gasteiger partial charge is 0.369 e. The molecule has 0 fully saturated rings. The van der Waals surface area contributed by atoms with Crippen LogP contribution in [-0.4, -0.2) is 10.9 Å². The first kappa shape index (κ1) is 16.0. The zero-order valence-corrected chi connectivity index (χ0v) is 14.4. The molecule has 0 bridgehead atoms. The van der Waals surface area contributed by atoms with Crippen LogP contribution in [0.3, 0.4) is 0 Å². The third-order valence-corrected chi connectivity index (χ3v) is 5.11. The van der Waals surface area contributed by atoms with Crippen molar-refractivity contribution in [1.29, 1.82) is 0 Å². The Morgan fingerprint density at radius 2 is 2.09 bits per heavy atom. The van der Waals surface area contributed by atoms with Gasteiger partial charge in [0.05, 0.1) is 6.42 Å². The van der Waals surface area contributed by atoms with E-state index in [1.54, 1.807) is 6.20 Å². The van der Waals surface area contributed by atoms with Crippen molar-refractivity contribution in [3.63, 3.8) is 0 Å². The first-order chi connectivity index (χ1) is 10.8. The number of benzene rings is 1. The number of carbonyl (C=O) groups excluding carboxylic acids is 1. The van der Waals surface area contributed by atoms with Gasteiger partial charge in [0.2, 0.25) is 5.91 Å². The summed E-state index contributed by atoms with van der Waals surface area (Å²) < 4.78 is 0. The molecule has 0 saturated carbocycles. The molecular weight excluding hydrogens is 308 g/mol. The number of aromatic nitrogens is 1.